The first-order valence-electron chi connectivity index (χ1n) is 11.6. The molecule has 1 saturated heterocycles. The number of hydrogen-bond donors (Lipinski definition) is 4. The largest absolute Gasteiger partial charge is 0.378 e. The van der Waals surface area contributed by atoms with Gasteiger partial charge in [-0.2, -0.15) is 0 Å². The summed E-state index contributed by atoms with van der Waals surface area (Å²) in [6.07, 6.45) is 1.94. The van der Waals surface area contributed by atoms with Gasteiger partial charge in [-0.05, 0) is 25.0 Å². The molecule has 9 nitrogen and oxygen atoms in total. The molecule has 0 saturated carbocycles. The van der Waals surface area contributed by atoms with Gasteiger partial charge in [0.1, 0.15) is 5.82 Å². The Labute approximate surface area is 207 Å². The highest BCUT2D eigenvalue weighted by atomic mass is 19.1. The Balaban J connectivity index is 1.59. The molecule has 3 aromatic rings. The number of amides is 1. The number of aromatic nitrogens is 2. The first-order chi connectivity index (χ1) is 17.3. The van der Waals surface area contributed by atoms with E-state index in [4.69, 9.17) is 16.2 Å². The predicted octanol–water partition coefficient (Wildman–Crippen LogP) is 2.80. The number of primary amides is 1. The third kappa shape index (κ3) is 6.04. The van der Waals surface area contributed by atoms with Crippen LogP contribution in [0, 0.1) is 11.6 Å². The number of anilines is 4. The molecule has 190 valence electrons. The van der Waals surface area contributed by atoms with Crippen LogP contribution in [0.2, 0.25) is 0 Å². The Hall–Kier alpha value is -3.83. The number of rotatable bonds is 9. The highest BCUT2D eigenvalue weighted by molar-refractivity contribution is 5.98. The summed E-state index contributed by atoms with van der Waals surface area (Å²) in [4.78, 5) is 22.3. The van der Waals surface area contributed by atoms with Gasteiger partial charge in [-0.1, -0.05) is 30.3 Å². The number of halogens is 2. The summed E-state index contributed by atoms with van der Waals surface area (Å²) in [7, 11) is 0. The van der Waals surface area contributed by atoms with Crippen LogP contribution in [0.4, 0.5) is 31.9 Å². The van der Waals surface area contributed by atoms with Crippen molar-refractivity contribution in [2.45, 2.75) is 25.4 Å². The maximum atomic E-state index is 14.9. The minimum atomic E-state index is -0.887. The molecular formula is C25H29F2N7O2. The van der Waals surface area contributed by atoms with Gasteiger partial charge in [0.05, 0.1) is 30.7 Å². The molecule has 0 radical (unpaired) electrons. The van der Waals surface area contributed by atoms with Crippen LogP contribution in [-0.2, 0) is 11.2 Å². The summed E-state index contributed by atoms with van der Waals surface area (Å²) in [5.74, 6) is -2.15. The van der Waals surface area contributed by atoms with Crippen LogP contribution in [0.25, 0.3) is 0 Å². The van der Waals surface area contributed by atoms with Crippen molar-refractivity contribution in [3.8, 4) is 0 Å². The number of nitrogens with zero attached hydrogens (tertiary/aromatic N) is 3. The monoisotopic (exact) mass is 497 g/mol. The van der Waals surface area contributed by atoms with Crippen molar-refractivity contribution in [3.05, 3.63) is 71.4 Å². The third-order valence-corrected chi connectivity index (χ3v) is 5.89. The molecule has 11 heteroatoms. The minimum absolute atomic E-state index is 0.0325. The number of nitrogens with one attached hydrogen (secondary N) is 2. The molecule has 1 amide bonds. The number of hydrogen-bond acceptors (Lipinski definition) is 8. The van der Waals surface area contributed by atoms with Gasteiger partial charge < -0.3 is 31.7 Å². The van der Waals surface area contributed by atoms with Crippen molar-refractivity contribution >= 4 is 29.0 Å². The van der Waals surface area contributed by atoms with Gasteiger partial charge in [0, 0.05) is 31.2 Å². The Morgan fingerprint density at radius 1 is 1.14 bits per heavy atom. The fourth-order valence-corrected chi connectivity index (χ4v) is 3.93. The van der Waals surface area contributed by atoms with Crippen LogP contribution in [0.1, 0.15) is 22.8 Å². The van der Waals surface area contributed by atoms with E-state index in [0.29, 0.717) is 32.7 Å². The second-order valence-corrected chi connectivity index (χ2v) is 8.63. The van der Waals surface area contributed by atoms with Crippen LogP contribution in [0.5, 0.6) is 0 Å². The zero-order chi connectivity index (χ0) is 25.7. The molecule has 36 heavy (non-hydrogen) atoms. The van der Waals surface area contributed by atoms with Gasteiger partial charge in [0.15, 0.2) is 23.3 Å². The van der Waals surface area contributed by atoms with Crippen molar-refractivity contribution < 1.29 is 18.3 Å². The van der Waals surface area contributed by atoms with Gasteiger partial charge in [-0.25, -0.2) is 18.7 Å². The summed E-state index contributed by atoms with van der Waals surface area (Å²) in [6, 6.07) is 11.2. The van der Waals surface area contributed by atoms with E-state index in [2.05, 4.69) is 20.6 Å². The lowest BCUT2D eigenvalue weighted by atomic mass is 10.0. The Morgan fingerprint density at radius 3 is 2.50 bits per heavy atom. The molecule has 1 aliphatic heterocycles. The van der Waals surface area contributed by atoms with E-state index in [9.17, 15) is 13.6 Å². The Morgan fingerprint density at radius 2 is 1.86 bits per heavy atom. The Kier molecular flexibility index (Phi) is 7.91. The molecule has 6 N–H and O–H groups in total. The second-order valence-electron chi connectivity index (χ2n) is 8.63. The number of carbonyl (C=O) groups excluding carboxylic acids is 1. The topological polar surface area (TPSA) is 131 Å². The maximum absolute atomic E-state index is 14.9. The normalized spacial score (nSPS) is 15.3. The van der Waals surface area contributed by atoms with E-state index < -0.39 is 17.5 Å². The number of benzene rings is 1. The van der Waals surface area contributed by atoms with Crippen LogP contribution >= 0.6 is 0 Å². The summed E-state index contributed by atoms with van der Waals surface area (Å²) >= 11 is 0. The molecule has 2 atom stereocenters. The number of morpholine rings is 1. The smallest absolute Gasteiger partial charge is 0.252 e. The predicted molar refractivity (Wildman–Crippen MR) is 134 cm³/mol. The zero-order valence-corrected chi connectivity index (χ0v) is 19.9. The quantitative estimate of drug-likeness (QED) is 0.355. The molecule has 0 bridgehead atoms. The van der Waals surface area contributed by atoms with Crippen LogP contribution < -0.4 is 27.0 Å². The van der Waals surface area contributed by atoms with Crippen molar-refractivity contribution in [1.82, 2.24) is 9.97 Å². The van der Waals surface area contributed by atoms with E-state index in [0.717, 1.165) is 11.6 Å². The van der Waals surface area contributed by atoms with Crippen molar-refractivity contribution in [2.24, 2.45) is 11.5 Å². The van der Waals surface area contributed by atoms with Crippen LogP contribution in [-0.4, -0.2) is 54.3 Å². The molecule has 0 spiro atoms. The molecule has 1 aromatic carbocycles. The average Bonchev–Trinajstić information content (AvgIpc) is 2.86. The van der Waals surface area contributed by atoms with Gasteiger partial charge >= 0.3 is 0 Å². The zero-order valence-electron chi connectivity index (χ0n) is 19.9. The molecular weight excluding hydrogens is 468 g/mol. The minimum Gasteiger partial charge on any atom is -0.378 e. The maximum Gasteiger partial charge on any atom is 0.252 e. The SMILES string of the molecule is C[C@H](N)[C@@H](Cc1ccccc1)Nc1nc(Nc2cnc(N3CCOCC3)c(F)c2)c(C(N)=O)cc1F. The molecule has 4 rings (SSSR count). The lowest BCUT2D eigenvalue weighted by Crippen LogP contribution is -2.40. The van der Waals surface area contributed by atoms with E-state index in [-0.39, 0.29) is 40.8 Å². The fourth-order valence-electron chi connectivity index (χ4n) is 3.93. The van der Waals surface area contributed by atoms with Crippen molar-refractivity contribution in [1.29, 1.82) is 0 Å². The molecule has 1 fully saturated rings. The lowest BCUT2D eigenvalue weighted by Gasteiger charge is -2.28. The summed E-state index contributed by atoms with van der Waals surface area (Å²) in [6.45, 7) is 3.84. The molecule has 1 aliphatic rings. The van der Waals surface area contributed by atoms with Crippen LogP contribution in [0.15, 0.2) is 48.7 Å². The highest BCUT2D eigenvalue weighted by Crippen LogP contribution is 2.27. The van der Waals surface area contributed by atoms with Gasteiger partial charge in [0.25, 0.3) is 5.91 Å². The van der Waals surface area contributed by atoms with E-state index in [1.807, 2.05) is 30.3 Å². The van der Waals surface area contributed by atoms with Gasteiger partial charge in [0.2, 0.25) is 0 Å². The number of pyridine rings is 2. The van der Waals surface area contributed by atoms with E-state index >= 15 is 0 Å². The summed E-state index contributed by atoms with van der Waals surface area (Å²) in [5.41, 5.74) is 12.7. The molecule has 0 aliphatic carbocycles. The van der Waals surface area contributed by atoms with E-state index in [1.165, 1.54) is 12.3 Å². The average molecular weight is 498 g/mol. The lowest BCUT2D eigenvalue weighted by molar-refractivity contribution is 0.100. The van der Waals surface area contributed by atoms with Gasteiger partial charge in [-0.15, -0.1) is 0 Å². The molecule has 0 unspecified atom stereocenters. The summed E-state index contributed by atoms with van der Waals surface area (Å²) in [5, 5.41) is 5.89. The standard InChI is InChI=1S/C25H29F2N7O2/c1-15(28)21(11-16-5-3-2-4-6-16)32-24-19(26)13-18(22(29)35)23(33-24)31-17-12-20(27)25(30-14-17)34-7-9-36-10-8-34/h2-6,12-15,21H,7-11,28H2,1H3,(H2,29,35)(H2,31,32,33)/t15-,21+/m0/s1. The van der Waals surface area contributed by atoms with Gasteiger partial charge in [-0.3, -0.25) is 4.79 Å². The van der Waals surface area contributed by atoms with Crippen molar-refractivity contribution in [2.75, 3.05) is 41.8 Å². The number of nitrogens with two attached hydrogens (primary N) is 2. The second kappa shape index (κ2) is 11.3. The number of carbonyl (C=O) groups is 1. The first kappa shape index (κ1) is 25.3. The highest BCUT2D eigenvalue weighted by Gasteiger charge is 2.22. The number of ether oxygens (including phenoxy) is 1. The molecule has 3 heterocycles. The van der Waals surface area contributed by atoms with E-state index in [1.54, 1.807) is 11.8 Å². The van der Waals surface area contributed by atoms with Crippen molar-refractivity contribution in [3.63, 3.8) is 0 Å². The third-order valence-electron chi connectivity index (χ3n) is 5.89. The first-order valence-corrected chi connectivity index (χ1v) is 11.6. The fraction of sp³-hybridized carbons (Fsp3) is 0.320. The van der Waals surface area contributed by atoms with Crippen LogP contribution in [0.3, 0.4) is 0 Å². The summed E-state index contributed by atoms with van der Waals surface area (Å²) < 4.78 is 35.0. The molecule has 2 aromatic heterocycles. The Bertz CT molecular complexity index is 1200.